The second-order valence-electron chi connectivity index (χ2n) is 5.54. The molecule has 0 spiro atoms. The summed E-state index contributed by atoms with van der Waals surface area (Å²) in [6, 6.07) is 16.3. The predicted molar refractivity (Wildman–Crippen MR) is 93.4 cm³/mol. The molecule has 23 heavy (non-hydrogen) atoms. The van der Waals surface area contributed by atoms with Gasteiger partial charge in [-0.15, -0.1) is 11.8 Å². The van der Waals surface area contributed by atoms with Crippen molar-refractivity contribution in [2.45, 2.75) is 36.6 Å². The highest BCUT2D eigenvalue weighted by Crippen LogP contribution is 2.36. The normalized spacial score (nSPS) is 16.1. The van der Waals surface area contributed by atoms with Gasteiger partial charge in [-0.1, -0.05) is 42.5 Å². The molecule has 0 aromatic heterocycles. The van der Waals surface area contributed by atoms with Gasteiger partial charge in [-0.25, -0.2) is 0 Å². The minimum atomic E-state index is -0.0218. The van der Waals surface area contributed by atoms with Crippen molar-refractivity contribution >= 4 is 17.7 Å². The van der Waals surface area contributed by atoms with Crippen molar-refractivity contribution in [2.75, 3.05) is 6.61 Å². The van der Waals surface area contributed by atoms with Gasteiger partial charge < -0.3 is 10.1 Å². The third kappa shape index (κ3) is 3.95. The molecule has 2 aromatic carbocycles. The van der Waals surface area contributed by atoms with E-state index >= 15 is 0 Å². The Morgan fingerprint density at radius 1 is 1.17 bits per heavy atom. The van der Waals surface area contributed by atoms with Gasteiger partial charge in [0.2, 0.25) is 5.91 Å². The number of amides is 1. The van der Waals surface area contributed by atoms with E-state index in [9.17, 15) is 4.79 Å². The van der Waals surface area contributed by atoms with Crippen LogP contribution in [0.15, 0.2) is 53.4 Å². The number of fused-ring (bicyclic) bond motifs is 1. The SMILES string of the molecule is CCOCc1ccccc1CNC(=O)C1Cc2ccccc2S1. The number of carbonyl (C=O) groups is 1. The van der Waals surface area contributed by atoms with Crippen molar-refractivity contribution in [1.82, 2.24) is 5.32 Å². The van der Waals surface area contributed by atoms with Crippen LogP contribution in [0, 0.1) is 0 Å². The van der Waals surface area contributed by atoms with Gasteiger partial charge in [-0.3, -0.25) is 4.79 Å². The molecule has 0 fully saturated rings. The van der Waals surface area contributed by atoms with Gasteiger partial charge >= 0.3 is 0 Å². The van der Waals surface area contributed by atoms with E-state index in [2.05, 4.69) is 23.5 Å². The van der Waals surface area contributed by atoms with E-state index in [1.165, 1.54) is 10.5 Å². The number of hydrogen-bond donors (Lipinski definition) is 1. The first-order chi connectivity index (χ1) is 11.3. The standard InChI is InChI=1S/C19H21NO2S/c1-2-22-13-16-9-4-3-8-15(16)12-20-19(21)18-11-14-7-5-6-10-17(14)23-18/h3-10,18H,2,11-13H2,1H3,(H,20,21). The lowest BCUT2D eigenvalue weighted by Gasteiger charge is -2.13. The number of rotatable bonds is 6. The molecule has 0 radical (unpaired) electrons. The molecular formula is C19H21NO2S. The molecule has 1 aliphatic heterocycles. The molecule has 1 N–H and O–H groups in total. The molecule has 1 amide bonds. The molecule has 1 atom stereocenters. The van der Waals surface area contributed by atoms with Crippen LogP contribution in [0.5, 0.6) is 0 Å². The van der Waals surface area contributed by atoms with Gasteiger partial charge in [0.05, 0.1) is 11.9 Å². The first-order valence-corrected chi connectivity index (χ1v) is 8.82. The van der Waals surface area contributed by atoms with Crippen LogP contribution in [0.4, 0.5) is 0 Å². The summed E-state index contributed by atoms with van der Waals surface area (Å²) in [5.74, 6) is 0.109. The summed E-state index contributed by atoms with van der Waals surface area (Å²) in [6.07, 6.45) is 0.813. The maximum atomic E-state index is 12.4. The van der Waals surface area contributed by atoms with Crippen LogP contribution in [-0.4, -0.2) is 17.8 Å². The van der Waals surface area contributed by atoms with Crippen molar-refractivity contribution in [2.24, 2.45) is 0 Å². The van der Waals surface area contributed by atoms with Gasteiger partial charge in [0.1, 0.15) is 0 Å². The first-order valence-electron chi connectivity index (χ1n) is 7.94. The Bertz CT molecular complexity index is 662. The van der Waals surface area contributed by atoms with Crippen LogP contribution in [0.25, 0.3) is 0 Å². The van der Waals surface area contributed by atoms with Gasteiger partial charge in [-0.2, -0.15) is 0 Å². The third-order valence-corrected chi connectivity index (χ3v) is 5.29. The lowest BCUT2D eigenvalue weighted by Crippen LogP contribution is -2.32. The lowest BCUT2D eigenvalue weighted by molar-refractivity contribution is -0.120. The van der Waals surface area contributed by atoms with Crippen LogP contribution in [-0.2, 0) is 29.1 Å². The van der Waals surface area contributed by atoms with Gasteiger partial charge in [0.25, 0.3) is 0 Å². The lowest BCUT2D eigenvalue weighted by atomic mass is 10.1. The van der Waals surface area contributed by atoms with Crippen LogP contribution >= 0.6 is 11.8 Å². The summed E-state index contributed by atoms with van der Waals surface area (Å²) in [5, 5.41) is 3.06. The second-order valence-corrected chi connectivity index (χ2v) is 6.79. The van der Waals surface area contributed by atoms with Crippen LogP contribution in [0.1, 0.15) is 23.6 Å². The largest absolute Gasteiger partial charge is 0.377 e. The van der Waals surface area contributed by atoms with Gasteiger partial charge in [0, 0.05) is 18.0 Å². The Morgan fingerprint density at radius 3 is 2.70 bits per heavy atom. The second kappa shape index (κ2) is 7.66. The smallest absolute Gasteiger partial charge is 0.234 e. The quantitative estimate of drug-likeness (QED) is 0.882. The van der Waals surface area contributed by atoms with Crippen molar-refractivity contribution in [3.8, 4) is 0 Å². The highest BCUT2D eigenvalue weighted by Gasteiger charge is 2.27. The molecule has 1 unspecified atom stereocenters. The number of thioether (sulfide) groups is 1. The topological polar surface area (TPSA) is 38.3 Å². The van der Waals surface area contributed by atoms with E-state index in [0.717, 1.165) is 17.5 Å². The molecule has 2 aromatic rings. The molecule has 0 saturated heterocycles. The van der Waals surface area contributed by atoms with Crippen LogP contribution in [0.3, 0.4) is 0 Å². The van der Waals surface area contributed by atoms with Gasteiger partial charge in [-0.05, 0) is 36.1 Å². The third-order valence-electron chi connectivity index (χ3n) is 3.97. The zero-order chi connectivity index (χ0) is 16.1. The molecule has 3 nitrogen and oxygen atoms in total. The summed E-state index contributed by atoms with van der Waals surface area (Å²) < 4.78 is 5.49. The molecule has 0 aliphatic carbocycles. The molecular weight excluding hydrogens is 306 g/mol. The fourth-order valence-electron chi connectivity index (χ4n) is 2.71. The van der Waals surface area contributed by atoms with Crippen LogP contribution in [0.2, 0.25) is 0 Å². The minimum absolute atomic E-state index is 0.0218. The number of nitrogens with one attached hydrogen (secondary N) is 1. The fourth-order valence-corrected chi connectivity index (χ4v) is 3.93. The summed E-state index contributed by atoms with van der Waals surface area (Å²) in [5.41, 5.74) is 3.53. The van der Waals surface area contributed by atoms with E-state index in [0.29, 0.717) is 19.8 Å². The minimum Gasteiger partial charge on any atom is -0.377 e. The molecule has 0 saturated carbocycles. The summed E-state index contributed by atoms with van der Waals surface area (Å²) in [6.45, 7) is 3.82. The maximum absolute atomic E-state index is 12.4. The Labute approximate surface area is 141 Å². The average Bonchev–Trinajstić information content (AvgIpc) is 3.02. The Kier molecular flexibility index (Phi) is 5.36. The fraction of sp³-hybridized carbons (Fsp3) is 0.316. The molecule has 3 rings (SSSR count). The highest BCUT2D eigenvalue weighted by atomic mass is 32.2. The van der Waals surface area contributed by atoms with E-state index in [1.807, 2.05) is 37.3 Å². The van der Waals surface area contributed by atoms with Crippen molar-refractivity contribution in [3.05, 3.63) is 65.2 Å². The number of carbonyl (C=O) groups excluding carboxylic acids is 1. The average molecular weight is 327 g/mol. The molecule has 4 heteroatoms. The Balaban J connectivity index is 1.58. The highest BCUT2D eigenvalue weighted by molar-refractivity contribution is 8.01. The molecule has 120 valence electrons. The van der Waals surface area contributed by atoms with Crippen molar-refractivity contribution < 1.29 is 9.53 Å². The van der Waals surface area contributed by atoms with E-state index < -0.39 is 0 Å². The zero-order valence-corrected chi connectivity index (χ0v) is 14.1. The summed E-state index contributed by atoms with van der Waals surface area (Å²) in [4.78, 5) is 13.7. The summed E-state index contributed by atoms with van der Waals surface area (Å²) >= 11 is 1.66. The number of ether oxygens (including phenoxy) is 1. The first kappa shape index (κ1) is 16.1. The predicted octanol–water partition coefficient (Wildman–Crippen LogP) is 3.56. The molecule has 1 aliphatic rings. The maximum Gasteiger partial charge on any atom is 0.234 e. The van der Waals surface area contributed by atoms with Crippen molar-refractivity contribution in [3.63, 3.8) is 0 Å². The number of benzene rings is 2. The molecule has 1 heterocycles. The zero-order valence-electron chi connectivity index (χ0n) is 13.2. The molecule has 0 bridgehead atoms. The van der Waals surface area contributed by atoms with E-state index in [1.54, 1.807) is 11.8 Å². The summed E-state index contributed by atoms with van der Waals surface area (Å²) in [7, 11) is 0. The Hall–Kier alpha value is -1.78. The van der Waals surface area contributed by atoms with Gasteiger partial charge in [0.15, 0.2) is 0 Å². The number of hydrogen-bond acceptors (Lipinski definition) is 3. The Morgan fingerprint density at radius 2 is 1.91 bits per heavy atom. The van der Waals surface area contributed by atoms with E-state index in [4.69, 9.17) is 4.74 Å². The van der Waals surface area contributed by atoms with E-state index in [-0.39, 0.29) is 11.2 Å². The van der Waals surface area contributed by atoms with Crippen molar-refractivity contribution in [1.29, 1.82) is 0 Å². The van der Waals surface area contributed by atoms with Crippen LogP contribution < -0.4 is 5.32 Å². The monoisotopic (exact) mass is 327 g/mol.